The van der Waals surface area contributed by atoms with E-state index >= 15 is 0 Å². The summed E-state index contributed by atoms with van der Waals surface area (Å²) in [5.41, 5.74) is 1.03. The van der Waals surface area contributed by atoms with Crippen molar-refractivity contribution in [2.45, 2.75) is 32.7 Å². The van der Waals surface area contributed by atoms with Crippen LogP contribution in [0, 0.1) is 0 Å². The molecule has 0 spiro atoms. The van der Waals surface area contributed by atoms with Gasteiger partial charge < -0.3 is 24.6 Å². The molecule has 1 fully saturated rings. The molecule has 28 heavy (non-hydrogen) atoms. The van der Waals surface area contributed by atoms with Gasteiger partial charge in [0.1, 0.15) is 11.8 Å². The topological polar surface area (TPSA) is 88.2 Å². The monoisotopic (exact) mass is 391 g/mol. The number of nitrogens with one attached hydrogen (secondary N) is 1. The number of hydrogen-bond acceptors (Lipinski definition) is 5. The highest BCUT2D eigenvalue weighted by atomic mass is 16.6. The van der Waals surface area contributed by atoms with Crippen LogP contribution in [0.3, 0.4) is 0 Å². The molecule has 0 aliphatic carbocycles. The van der Waals surface area contributed by atoms with Crippen molar-refractivity contribution in [1.29, 1.82) is 0 Å². The van der Waals surface area contributed by atoms with E-state index in [2.05, 4.69) is 5.32 Å². The Kier molecular flexibility index (Phi) is 8.10. The van der Waals surface area contributed by atoms with E-state index in [1.165, 1.54) is 0 Å². The molecular weight excluding hydrogens is 362 g/mol. The largest absolute Gasteiger partial charge is 0.497 e. The fraction of sp³-hybridized carbons (Fsp3) is 0.550. The SMILES string of the molecule is CCOC(=O)N1CCN(C(=O)[C@H](C)NC(=O)CCc2ccc(OC)cc2)CC1. The van der Waals surface area contributed by atoms with E-state index in [9.17, 15) is 14.4 Å². The minimum Gasteiger partial charge on any atom is -0.497 e. The molecule has 1 heterocycles. The van der Waals surface area contributed by atoms with Gasteiger partial charge in [0, 0.05) is 32.6 Å². The van der Waals surface area contributed by atoms with Crippen LogP contribution in [0.2, 0.25) is 0 Å². The summed E-state index contributed by atoms with van der Waals surface area (Å²) in [5, 5.41) is 2.76. The van der Waals surface area contributed by atoms with Crippen molar-refractivity contribution >= 4 is 17.9 Å². The summed E-state index contributed by atoms with van der Waals surface area (Å²) in [7, 11) is 1.61. The normalized spacial score (nSPS) is 15.0. The van der Waals surface area contributed by atoms with Crippen molar-refractivity contribution in [3.63, 3.8) is 0 Å². The third-order valence-corrected chi connectivity index (χ3v) is 4.67. The first-order chi connectivity index (χ1) is 13.4. The second-order valence-electron chi connectivity index (χ2n) is 6.65. The van der Waals surface area contributed by atoms with Gasteiger partial charge in [-0.1, -0.05) is 12.1 Å². The van der Waals surface area contributed by atoms with Crippen molar-refractivity contribution in [3.05, 3.63) is 29.8 Å². The summed E-state index contributed by atoms with van der Waals surface area (Å²) in [6, 6.07) is 6.95. The molecule has 0 aromatic heterocycles. The molecule has 8 heteroatoms. The van der Waals surface area contributed by atoms with E-state index in [4.69, 9.17) is 9.47 Å². The van der Waals surface area contributed by atoms with Crippen LogP contribution in [0.25, 0.3) is 0 Å². The van der Waals surface area contributed by atoms with E-state index in [0.29, 0.717) is 45.6 Å². The molecule has 154 valence electrons. The molecule has 0 radical (unpaired) electrons. The molecule has 0 saturated carbocycles. The quantitative estimate of drug-likeness (QED) is 0.760. The number of ether oxygens (including phenoxy) is 2. The third-order valence-electron chi connectivity index (χ3n) is 4.67. The third kappa shape index (κ3) is 6.14. The van der Waals surface area contributed by atoms with Gasteiger partial charge in [0.2, 0.25) is 11.8 Å². The van der Waals surface area contributed by atoms with Crippen LogP contribution in [0.1, 0.15) is 25.8 Å². The zero-order valence-corrected chi connectivity index (χ0v) is 16.8. The second kappa shape index (κ2) is 10.5. The Morgan fingerprint density at radius 1 is 1.07 bits per heavy atom. The Bertz CT molecular complexity index is 669. The maximum absolute atomic E-state index is 12.5. The smallest absolute Gasteiger partial charge is 0.409 e. The van der Waals surface area contributed by atoms with E-state index in [-0.39, 0.29) is 17.9 Å². The van der Waals surface area contributed by atoms with Crippen LogP contribution in [0.5, 0.6) is 5.75 Å². The second-order valence-corrected chi connectivity index (χ2v) is 6.65. The van der Waals surface area contributed by atoms with Gasteiger partial charge in [-0.05, 0) is 38.0 Å². The molecule has 1 aromatic rings. The Morgan fingerprint density at radius 2 is 1.68 bits per heavy atom. The van der Waals surface area contributed by atoms with Crippen LogP contribution in [-0.4, -0.2) is 73.6 Å². The molecule has 3 amide bonds. The molecule has 1 aliphatic heterocycles. The molecule has 1 atom stereocenters. The zero-order chi connectivity index (χ0) is 20.5. The maximum atomic E-state index is 12.5. The van der Waals surface area contributed by atoms with Crippen LogP contribution in [0.15, 0.2) is 24.3 Å². The number of amides is 3. The number of hydrogen-bond donors (Lipinski definition) is 1. The van der Waals surface area contributed by atoms with Crippen molar-refractivity contribution in [3.8, 4) is 5.75 Å². The number of rotatable bonds is 7. The highest BCUT2D eigenvalue weighted by Crippen LogP contribution is 2.12. The molecule has 1 saturated heterocycles. The van der Waals surface area contributed by atoms with E-state index in [1.807, 2.05) is 24.3 Å². The van der Waals surface area contributed by atoms with E-state index in [1.54, 1.807) is 30.8 Å². The van der Waals surface area contributed by atoms with Gasteiger partial charge >= 0.3 is 6.09 Å². The van der Waals surface area contributed by atoms with Gasteiger partial charge in [0.15, 0.2) is 0 Å². The predicted molar refractivity (Wildman–Crippen MR) is 104 cm³/mol. The average Bonchev–Trinajstić information content (AvgIpc) is 2.72. The van der Waals surface area contributed by atoms with Crippen molar-refractivity contribution in [2.24, 2.45) is 0 Å². The number of nitrogens with zero attached hydrogens (tertiary/aromatic N) is 2. The number of carbonyl (C=O) groups excluding carboxylic acids is 3. The maximum Gasteiger partial charge on any atom is 0.409 e. The minimum absolute atomic E-state index is 0.138. The van der Waals surface area contributed by atoms with Crippen LogP contribution in [-0.2, 0) is 20.7 Å². The molecule has 1 aromatic carbocycles. The molecule has 8 nitrogen and oxygen atoms in total. The molecule has 2 rings (SSSR count). The number of piperazine rings is 1. The summed E-state index contributed by atoms with van der Waals surface area (Å²) in [6.07, 6.45) is 0.546. The summed E-state index contributed by atoms with van der Waals surface area (Å²) >= 11 is 0. The number of carbonyl (C=O) groups is 3. The lowest BCUT2D eigenvalue weighted by Crippen LogP contribution is -2.55. The molecular formula is C20H29N3O5. The molecule has 1 N–H and O–H groups in total. The summed E-state index contributed by atoms with van der Waals surface area (Å²) in [4.78, 5) is 39.7. The number of benzene rings is 1. The van der Waals surface area contributed by atoms with Gasteiger partial charge in [-0.3, -0.25) is 9.59 Å². The summed E-state index contributed by atoms with van der Waals surface area (Å²) in [5.74, 6) is 0.471. The van der Waals surface area contributed by atoms with Gasteiger partial charge in [-0.15, -0.1) is 0 Å². The van der Waals surface area contributed by atoms with Gasteiger partial charge in [0.05, 0.1) is 13.7 Å². The highest BCUT2D eigenvalue weighted by molar-refractivity contribution is 5.87. The lowest BCUT2D eigenvalue weighted by molar-refractivity contribution is -0.137. The lowest BCUT2D eigenvalue weighted by atomic mass is 10.1. The Hall–Kier alpha value is -2.77. The van der Waals surface area contributed by atoms with Crippen LogP contribution < -0.4 is 10.1 Å². The number of aryl methyl sites for hydroxylation is 1. The Balaban J connectivity index is 1.74. The highest BCUT2D eigenvalue weighted by Gasteiger charge is 2.28. The molecule has 0 unspecified atom stereocenters. The fourth-order valence-corrected chi connectivity index (χ4v) is 3.02. The average molecular weight is 391 g/mol. The van der Waals surface area contributed by atoms with Crippen molar-refractivity contribution < 1.29 is 23.9 Å². The van der Waals surface area contributed by atoms with Crippen molar-refractivity contribution in [2.75, 3.05) is 39.9 Å². The molecule has 0 bridgehead atoms. The molecule has 1 aliphatic rings. The Labute approximate surface area is 165 Å². The van der Waals surface area contributed by atoms with E-state index < -0.39 is 6.04 Å². The fourth-order valence-electron chi connectivity index (χ4n) is 3.02. The minimum atomic E-state index is -0.600. The summed E-state index contributed by atoms with van der Waals surface area (Å²) in [6.45, 7) is 5.51. The van der Waals surface area contributed by atoms with Gasteiger partial charge in [-0.25, -0.2) is 4.79 Å². The van der Waals surface area contributed by atoms with E-state index in [0.717, 1.165) is 11.3 Å². The summed E-state index contributed by atoms with van der Waals surface area (Å²) < 4.78 is 10.1. The standard InChI is InChI=1S/C20H29N3O5/c1-4-28-20(26)23-13-11-22(12-14-23)19(25)15(2)21-18(24)10-7-16-5-8-17(27-3)9-6-16/h5-6,8-9,15H,4,7,10-14H2,1-3H3,(H,21,24)/t15-/m0/s1. The van der Waals surface area contributed by atoms with Crippen LogP contribution >= 0.6 is 0 Å². The first-order valence-corrected chi connectivity index (χ1v) is 9.57. The lowest BCUT2D eigenvalue weighted by Gasteiger charge is -2.35. The first kappa shape index (κ1) is 21.5. The van der Waals surface area contributed by atoms with Gasteiger partial charge in [-0.2, -0.15) is 0 Å². The van der Waals surface area contributed by atoms with Gasteiger partial charge in [0.25, 0.3) is 0 Å². The number of methoxy groups -OCH3 is 1. The zero-order valence-electron chi connectivity index (χ0n) is 16.8. The Morgan fingerprint density at radius 3 is 2.25 bits per heavy atom. The predicted octanol–water partition coefficient (Wildman–Crippen LogP) is 1.43. The van der Waals surface area contributed by atoms with Crippen LogP contribution in [0.4, 0.5) is 4.79 Å². The first-order valence-electron chi connectivity index (χ1n) is 9.57. The van der Waals surface area contributed by atoms with Crippen molar-refractivity contribution in [1.82, 2.24) is 15.1 Å².